The predicted molar refractivity (Wildman–Crippen MR) is 128 cm³/mol. The topological polar surface area (TPSA) is 64.6 Å². The number of rotatable bonds is 6. The van der Waals surface area contributed by atoms with Crippen LogP contribution in [-0.2, 0) is 4.74 Å². The van der Waals surface area contributed by atoms with E-state index in [4.69, 9.17) is 4.74 Å². The SMILES string of the molecule is CC(C)(C)OC(=O)c1ccc(C=Cc2ccc(OC(F)(F)F)cc2)cc1NC(=O)c1ccccc1. The van der Waals surface area contributed by atoms with E-state index < -0.39 is 23.8 Å². The number of anilines is 1. The molecule has 0 fully saturated rings. The highest BCUT2D eigenvalue weighted by molar-refractivity contribution is 6.08. The summed E-state index contributed by atoms with van der Waals surface area (Å²) in [6, 6.07) is 18.8. The minimum absolute atomic E-state index is 0.190. The standard InChI is InChI=1S/C27H24F3NO4/c1-26(2,3)35-25(33)22-16-13-19(17-23(22)31-24(32)20-7-5-4-6-8-20)10-9-18-11-14-21(15-12-18)34-27(28,29)30/h4-17H,1-3H3,(H,31,32). The molecule has 0 aliphatic heterocycles. The first-order chi connectivity index (χ1) is 16.4. The molecule has 182 valence electrons. The Balaban J connectivity index is 1.86. The van der Waals surface area contributed by atoms with Crippen molar-refractivity contribution in [1.82, 2.24) is 0 Å². The van der Waals surface area contributed by atoms with Gasteiger partial charge in [-0.25, -0.2) is 4.79 Å². The second-order valence-electron chi connectivity index (χ2n) is 8.58. The van der Waals surface area contributed by atoms with E-state index in [9.17, 15) is 22.8 Å². The first kappa shape index (κ1) is 25.6. The van der Waals surface area contributed by atoms with Gasteiger partial charge in [0, 0.05) is 5.56 Å². The summed E-state index contributed by atoms with van der Waals surface area (Å²) >= 11 is 0. The van der Waals surface area contributed by atoms with Gasteiger partial charge in [-0.15, -0.1) is 13.2 Å². The van der Waals surface area contributed by atoms with Gasteiger partial charge in [0.2, 0.25) is 0 Å². The third-order valence-corrected chi connectivity index (χ3v) is 4.53. The van der Waals surface area contributed by atoms with Crippen molar-refractivity contribution >= 4 is 29.7 Å². The van der Waals surface area contributed by atoms with Gasteiger partial charge in [0.05, 0.1) is 11.3 Å². The lowest BCUT2D eigenvalue weighted by atomic mass is 10.1. The number of carbonyl (C=O) groups excluding carboxylic acids is 2. The van der Waals surface area contributed by atoms with Crippen molar-refractivity contribution in [3.05, 3.63) is 95.1 Å². The molecule has 0 aliphatic rings. The van der Waals surface area contributed by atoms with E-state index in [0.29, 0.717) is 16.7 Å². The maximum atomic E-state index is 12.7. The minimum atomic E-state index is -4.76. The number of hydrogen-bond acceptors (Lipinski definition) is 4. The normalized spacial score (nSPS) is 11.8. The van der Waals surface area contributed by atoms with Crippen molar-refractivity contribution in [2.24, 2.45) is 0 Å². The van der Waals surface area contributed by atoms with E-state index in [2.05, 4.69) is 10.1 Å². The summed E-state index contributed by atoms with van der Waals surface area (Å²) in [5.41, 5.74) is 1.43. The molecule has 8 heteroatoms. The molecule has 0 heterocycles. The molecule has 0 bridgehead atoms. The van der Waals surface area contributed by atoms with E-state index in [1.54, 1.807) is 81.5 Å². The van der Waals surface area contributed by atoms with Crippen LogP contribution in [0.1, 0.15) is 52.6 Å². The van der Waals surface area contributed by atoms with E-state index in [1.165, 1.54) is 24.3 Å². The average molecular weight is 483 g/mol. The number of alkyl halides is 3. The molecular weight excluding hydrogens is 459 g/mol. The predicted octanol–water partition coefficient (Wildman–Crippen LogP) is 6.96. The number of amides is 1. The lowest BCUT2D eigenvalue weighted by Crippen LogP contribution is -2.25. The molecule has 3 rings (SSSR count). The number of nitrogens with one attached hydrogen (secondary N) is 1. The summed E-state index contributed by atoms with van der Waals surface area (Å²) in [4.78, 5) is 25.5. The third kappa shape index (κ3) is 8.03. The van der Waals surface area contributed by atoms with Crippen LogP contribution >= 0.6 is 0 Å². The summed E-state index contributed by atoms with van der Waals surface area (Å²) in [7, 11) is 0. The maximum absolute atomic E-state index is 12.7. The van der Waals surface area contributed by atoms with Gasteiger partial charge in [0.1, 0.15) is 11.4 Å². The second kappa shape index (κ2) is 10.5. The fourth-order valence-electron chi connectivity index (χ4n) is 3.04. The Labute approximate surface area is 201 Å². The number of hydrogen-bond donors (Lipinski definition) is 1. The number of esters is 1. The highest BCUT2D eigenvalue weighted by Crippen LogP contribution is 2.25. The molecule has 0 unspecified atom stereocenters. The van der Waals surface area contributed by atoms with Gasteiger partial charge >= 0.3 is 12.3 Å². The molecule has 0 spiro atoms. The molecule has 5 nitrogen and oxygen atoms in total. The van der Waals surface area contributed by atoms with Gasteiger partial charge < -0.3 is 14.8 Å². The molecule has 3 aromatic carbocycles. The summed E-state index contributed by atoms with van der Waals surface area (Å²) in [6.45, 7) is 5.24. The molecule has 0 atom stereocenters. The van der Waals surface area contributed by atoms with E-state index in [0.717, 1.165) is 0 Å². The zero-order chi connectivity index (χ0) is 25.6. The highest BCUT2D eigenvalue weighted by Gasteiger charge is 2.30. The summed E-state index contributed by atoms with van der Waals surface area (Å²) < 4.78 is 46.3. The summed E-state index contributed by atoms with van der Waals surface area (Å²) in [6.07, 6.45) is -1.37. The van der Waals surface area contributed by atoms with Crippen molar-refractivity contribution in [1.29, 1.82) is 0 Å². The zero-order valence-corrected chi connectivity index (χ0v) is 19.3. The van der Waals surface area contributed by atoms with Gasteiger partial charge in [0.25, 0.3) is 5.91 Å². The van der Waals surface area contributed by atoms with Gasteiger partial charge in [-0.05, 0) is 68.3 Å². The molecule has 0 aliphatic carbocycles. The smallest absolute Gasteiger partial charge is 0.456 e. The largest absolute Gasteiger partial charge is 0.573 e. The lowest BCUT2D eigenvalue weighted by Gasteiger charge is -2.21. The van der Waals surface area contributed by atoms with Crippen LogP contribution in [0.25, 0.3) is 12.2 Å². The van der Waals surface area contributed by atoms with E-state index in [1.807, 2.05) is 0 Å². The Bertz CT molecular complexity index is 1210. The first-order valence-electron chi connectivity index (χ1n) is 10.7. The van der Waals surface area contributed by atoms with Crippen LogP contribution in [0, 0.1) is 0 Å². The Morgan fingerprint density at radius 1 is 0.829 bits per heavy atom. The maximum Gasteiger partial charge on any atom is 0.573 e. The lowest BCUT2D eigenvalue weighted by molar-refractivity contribution is -0.274. The quantitative estimate of drug-likeness (QED) is 0.304. The van der Waals surface area contributed by atoms with Crippen LogP contribution in [0.4, 0.5) is 18.9 Å². The summed E-state index contributed by atoms with van der Waals surface area (Å²) in [5.74, 6) is -1.30. The Hall–Kier alpha value is -4.07. The summed E-state index contributed by atoms with van der Waals surface area (Å²) in [5, 5.41) is 2.76. The molecule has 0 saturated carbocycles. The van der Waals surface area contributed by atoms with Gasteiger partial charge in [-0.3, -0.25) is 4.79 Å². The molecular formula is C27H24F3NO4. The number of ether oxygens (including phenoxy) is 2. The van der Waals surface area contributed by atoms with E-state index in [-0.39, 0.29) is 17.0 Å². The van der Waals surface area contributed by atoms with Gasteiger partial charge in [0.15, 0.2) is 0 Å². The molecule has 1 N–H and O–H groups in total. The monoisotopic (exact) mass is 483 g/mol. The van der Waals surface area contributed by atoms with Crippen molar-refractivity contribution in [3.8, 4) is 5.75 Å². The third-order valence-electron chi connectivity index (χ3n) is 4.53. The van der Waals surface area contributed by atoms with Crippen LogP contribution in [0.15, 0.2) is 72.8 Å². The highest BCUT2D eigenvalue weighted by atomic mass is 19.4. The van der Waals surface area contributed by atoms with Crippen LogP contribution < -0.4 is 10.1 Å². The van der Waals surface area contributed by atoms with Crippen molar-refractivity contribution < 1.29 is 32.2 Å². The van der Waals surface area contributed by atoms with Crippen LogP contribution in [0.5, 0.6) is 5.75 Å². The molecule has 3 aromatic rings. The van der Waals surface area contributed by atoms with Crippen LogP contribution in [0.2, 0.25) is 0 Å². The van der Waals surface area contributed by atoms with Crippen molar-refractivity contribution in [2.45, 2.75) is 32.7 Å². The fraction of sp³-hybridized carbons (Fsp3) is 0.185. The minimum Gasteiger partial charge on any atom is -0.456 e. The number of benzene rings is 3. The van der Waals surface area contributed by atoms with Gasteiger partial charge in [-0.1, -0.05) is 48.6 Å². The van der Waals surface area contributed by atoms with Gasteiger partial charge in [-0.2, -0.15) is 0 Å². The Morgan fingerprint density at radius 3 is 2.03 bits per heavy atom. The Morgan fingerprint density at radius 2 is 1.43 bits per heavy atom. The van der Waals surface area contributed by atoms with Crippen LogP contribution in [-0.4, -0.2) is 23.8 Å². The zero-order valence-electron chi connectivity index (χ0n) is 19.3. The van der Waals surface area contributed by atoms with E-state index >= 15 is 0 Å². The first-order valence-corrected chi connectivity index (χ1v) is 10.7. The second-order valence-corrected chi connectivity index (χ2v) is 8.58. The van der Waals surface area contributed by atoms with Crippen molar-refractivity contribution in [2.75, 3.05) is 5.32 Å². The molecule has 35 heavy (non-hydrogen) atoms. The Kier molecular flexibility index (Phi) is 7.64. The van der Waals surface area contributed by atoms with Crippen molar-refractivity contribution in [3.63, 3.8) is 0 Å². The average Bonchev–Trinajstić information content (AvgIpc) is 2.77. The molecule has 0 saturated heterocycles. The molecule has 0 aromatic heterocycles. The fourth-order valence-corrected chi connectivity index (χ4v) is 3.04. The number of halogens is 3. The molecule has 1 amide bonds. The van der Waals surface area contributed by atoms with Crippen LogP contribution in [0.3, 0.4) is 0 Å². The number of carbonyl (C=O) groups is 2. The molecule has 0 radical (unpaired) electrons.